The third kappa shape index (κ3) is 4.47. The van der Waals surface area contributed by atoms with Crippen LogP contribution in [0.15, 0.2) is 30.5 Å². The first-order valence-electron chi connectivity index (χ1n) is 10.4. The lowest BCUT2D eigenvalue weighted by molar-refractivity contribution is -0.136. The molecule has 0 bridgehead atoms. The van der Waals surface area contributed by atoms with Gasteiger partial charge in [0.15, 0.2) is 0 Å². The molecule has 2 aliphatic rings. The Morgan fingerprint density at radius 2 is 1.86 bits per heavy atom. The quantitative estimate of drug-likeness (QED) is 0.772. The number of carbonyl (C=O) groups is 1. The molecular formula is C22H28ClN5O. The molecule has 3 heterocycles. The maximum absolute atomic E-state index is 13.2. The van der Waals surface area contributed by atoms with Crippen molar-refractivity contribution >= 4 is 29.1 Å². The fourth-order valence-corrected chi connectivity index (χ4v) is 4.46. The average molecular weight is 414 g/mol. The summed E-state index contributed by atoms with van der Waals surface area (Å²) in [6.45, 7) is 8.87. The number of carbonyl (C=O) groups excluding carboxylic acids is 1. The van der Waals surface area contributed by atoms with Gasteiger partial charge in [-0.2, -0.15) is 0 Å². The van der Waals surface area contributed by atoms with Crippen molar-refractivity contribution < 1.29 is 4.79 Å². The molecule has 0 spiro atoms. The molecule has 0 unspecified atom stereocenters. The van der Waals surface area contributed by atoms with Crippen molar-refractivity contribution in [1.82, 2.24) is 14.9 Å². The molecule has 0 aliphatic carbocycles. The van der Waals surface area contributed by atoms with Gasteiger partial charge in [0, 0.05) is 61.9 Å². The molecule has 2 saturated heterocycles. The summed E-state index contributed by atoms with van der Waals surface area (Å²) in [6.07, 6.45) is 3.73. The van der Waals surface area contributed by atoms with Gasteiger partial charge in [0.2, 0.25) is 11.9 Å². The number of amides is 1. The lowest BCUT2D eigenvalue weighted by Gasteiger charge is -2.40. The highest BCUT2D eigenvalue weighted by Gasteiger charge is 2.32. The van der Waals surface area contributed by atoms with E-state index in [0.29, 0.717) is 6.54 Å². The summed E-state index contributed by atoms with van der Waals surface area (Å²) in [7, 11) is 0. The second-order valence-electron chi connectivity index (χ2n) is 8.03. The monoisotopic (exact) mass is 413 g/mol. The van der Waals surface area contributed by atoms with Crippen LogP contribution in [0.5, 0.6) is 0 Å². The number of hydrogen-bond donors (Lipinski definition) is 0. The second kappa shape index (κ2) is 8.57. The third-order valence-corrected chi connectivity index (χ3v) is 6.17. The van der Waals surface area contributed by atoms with E-state index in [9.17, 15) is 4.79 Å². The van der Waals surface area contributed by atoms with Crippen LogP contribution >= 0.6 is 11.6 Å². The SMILES string of the molecule is Cc1ccnc(N2CCC[C@@H](C(=O)N3CCN(c4cc(Cl)ccc4C)CC3)C2)n1. The molecule has 29 heavy (non-hydrogen) atoms. The number of nitrogens with zero attached hydrogens (tertiary/aromatic N) is 5. The molecule has 7 heteroatoms. The molecule has 1 amide bonds. The molecule has 0 radical (unpaired) electrons. The predicted molar refractivity (Wildman–Crippen MR) is 117 cm³/mol. The summed E-state index contributed by atoms with van der Waals surface area (Å²) in [5, 5.41) is 0.754. The van der Waals surface area contributed by atoms with Crippen molar-refractivity contribution in [2.24, 2.45) is 5.92 Å². The first-order chi connectivity index (χ1) is 14.0. The summed E-state index contributed by atoms with van der Waals surface area (Å²) in [4.78, 5) is 28.6. The Balaban J connectivity index is 1.37. The van der Waals surface area contributed by atoms with Crippen LogP contribution < -0.4 is 9.80 Å². The molecule has 1 aromatic heterocycles. The zero-order chi connectivity index (χ0) is 20.4. The Kier molecular flexibility index (Phi) is 5.90. The highest BCUT2D eigenvalue weighted by molar-refractivity contribution is 6.30. The zero-order valence-electron chi connectivity index (χ0n) is 17.1. The topological polar surface area (TPSA) is 52.6 Å². The summed E-state index contributed by atoms with van der Waals surface area (Å²) >= 11 is 6.18. The van der Waals surface area contributed by atoms with Gasteiger partial charge in [-0.15, -0.1) is 0 Å². The minimum Gasteiger partial charge on any atom is -0.368 e. The van der Waals surface area contributed by atoms with E-state index in [4.69, 9.17) is 11.6 Å². The number of piperidine rings is 1. The summed E-state index contributed by atoms with van der Waals surface area (Å²) < 4.78 is 0. The minimum atomic E-state index is 0.0207. The number of anilines is 2. The predicted octanol–water partition coefficient (Wildman–Crippen LogP) is 3.31. The molecule has 1 atom stereocenters. The summed E-state index contributed by atoms with van der Waals surface area (Å²) in [5.74, 6) is 1.03. The van der Waals surface area contributed by atoms with E-state index >= 15 is 0 Å². The maximum Gasteiger partial charge on any atom is 0.227 e. The first kappa shape index (κ1) is 20.0. The number of halogens is 1. The van der Waals surface area contributed by atoms with Gasteiger partial charge in [0.25, 0.3) is 0 Å². The lowest BCUT2D eigenvalue weighted by atomic mass is 9.96. The largest absolute Gasteiger partial charge is 0.368 e. The van der Waals surface area contributed by atoms with Gasteiger partial charge in [0.05, 0.1) is 5.92 Å². The Morgan fingerprint density at radius 3 is 2.62 bits per heavy atom. The van der Waals surface area contributed by atoms with Gasteiger partial charge in [-0.05, 0) is 50.5 Å². The van der Waals surface area contributed by atoms with E-state index in [2.05, 4.69) is 32.8 Å². The van der Waals surface area contributed by atoms with Crippen molar-refractivity contribution in [3.05, 3.63) is 46.7 Å². The van der Waals surface area contributed by atoms with Crippen LogP contribution in [-0.2, 0) is 4.79 Å². The molecule has 0 N–H and O–H groups in total. The van der Waals surface area contributed by atoms with Crippen LogP contribution in [0.2, 0.25) is 5.02 Å². The Bertz CT molecular complexity index is 881. The first-order valence-corrected chi connectivity index (χ1v) is 10.7. The fraction of sp³-hybridized carbons (Fsp3) is 0.500. The molecule has 1 aromatic carbocycles. The Morgan fingerprint density at radius 1 is 1.07 bits per heavy atom. The maximum atomic E-state index is 13.2. The second-order valence-corrected chi connectivity index (χ2v) is 8.46. The molecular weight excluding hydrogens is 386 g/mol. The van der Waals surface area contributed by atoms with E-state index in [1.54, 1.807) is 6.20 Å². The molecule has 4 rings (SSSR count). The fourth-order valence-electron chi connectivity index (χ4n) is 4.30. The van der Waals surface area contributed by atoms with E-state index in [-0.39, 0.29) is 11.8 Å². The summed E-state index contributed by atoms with van der Waals surface area (Å²) in [5.41, 5.74) is 3.34. The number of hydrogen-bond acceptors (Lipinski definition) is 5. The zero-order valence-corrected chi connectivity index (χ0v) is 17.9. The Labute approximate surface area is 177 Å². The molecule has 0 saturated carbocycles. The van der Waals surface area contributed by atoms with Gasteiger partial charge >= 0.3 is 0 Å². The van der Waals surface area contributed by atoms with Crippen LogP contribution in [0.4, 0.5) is 11.6 Å². The Hall–Kier alpha value is -2.34. The van der Waals surface area contributed by atoms with Crippen molar-refractivity contribution in [1.29, 1.82) is 0 Å². The number of piperazine rings is 1. The van der Waals surface area contributed by atoms with Gasteiger partial charge in [-0.25, -0.2) is 9.97 Å². The van der Waals surface area contributed by atoms with E-state index in [1.807, 2.05) is 30.0 Å². The standard InChI is InChI=1S/C22H28ClN5O/c1-16-5-6-19(23)14-20(16)26-10-12-27(13-11-26)21(29)18-4-3-9-28(15-18)22-24-8-7-17(2)25-22/h5-8,14,18H,3-4,9-13,15H2,1-2H3/t18-/m1/s1. The van der Waals surface area contributed by atoms with Crippen molar-refractivity contribution in [2.75, 3.05) is 49.1 Å². The van der Waals surface area contributed by atoms with Crippen LogP contribution in [0.25, 0.3) is 0 Å². The normalized spacial score (nSPS) is 20.1. The smallest absolute Gasteiger partial charge is 0.227 e. The molecule has 2 aliphatic heterocycles. The van der Waals surface area contributed by atoms with E-state index in [0.717, 1.165) is 62.2 Å². The van der Waals surface area contributed by atoms with E-state index < -0.39 is 0 Å². The highest BCUT2D eigenvalue weighted by atomic mass is 35.5. The average Bonchev–Trinajstić information content (AvgIpc) is 2.75. The third-order valence-electron chi connectivity index (χ3n) is 5.94. The van der Waals surface area contributed by atoms with Crippen LogP contribution in [-0.4, -0.2) is 60.0 Å². The van der Waals surface area contributed by atoms with Gasteiger partial charge in [0.1, 0.15) is 0 Å². The molecule has 2 aromatic rings. The van der Waals surface area contributed by atoms with Crippen LogP contribution in [0.1, 0.15) is 24.1 Å². The van der Waals surface area contributed by atoms with Crippen LogP contribution in [0, 0.1) is 19.8 Å². The molecule has 154 valence electrons. The van der Waals surface area contributed by atoms with Gasteiger partial charge in [-0.1, -0.05) is 17.7 Å². The van der Waals surface area contributed by atoms with Gasteiger partial charge < -0.3 is 14.7 Å². The number of benzene rings is 1. The van der Waals surface area contributed by atoms with Crippen molar-refractivity contribution in [3.63, 3.8) is 0 Å². The lowest BCUT2D eigenvalue weighted by Crippen LogP contribution is -2.53. The van der Waals surface area contributed by atoms with Crippen molar-refractivity contribution in [3.8, 4) is 0 Å². The summed E-state index contributed by atoms with van der Waals surface area (Å²) in [6, 6.07) is 7.90. The number of aryl methyl sites for hydroxylation is 2. The van der Waals surface area contributed by atoms with Crippen LogP contribution in [0.3, 0.4) is 0 Å². The number of rotatable bonds is 3. The van der Waals surface area contributed by atoms with E-state index in [1.165, 1.54) is 11.3 Å². The molecule has 6 nitrogen and oxygen atoms in total. The number of aromatic nitrogens is 2. The molecule has 2 fully saturated rings. The highest BCUT2D eigenvalue weighted by Crippen LogP contribution is 2.27. The minimum absolute atomic E-state index is 0.0207. The van der Waals surface area contributed by atoms with Crippen molar-refractivity contribution in [2.45, 2.75) is 26.7 Å². The van der Waals surface area contributed by atoms with Gasteiger partial charge in [-0.3, -0.25) is 4.79 Å².